The van der Waals surface area contributed by atoms with Crippen molar-refractivity contribution in [3.05, 3.63) is 34.9 Å². The van der Waals surface area contributed by atoms with Gasteiger partial charge in [0.1, 0.15) is 5.75 Å². The van der Waals surface area contributed by atoms with E-state index in [1.54, 1.807) is 12.1 Å². The first-order valence-corrected chi connectivity index (χ1v) is 8.48. The van der Waals surface area contributed by atoms with E-state index in [4.69, 9.17) is 30.5 Å². The second kappa shape index (κ2) is 9.18. The van der Waals surface area contributed by atoms with Crippen molar-refractivity contribution in [1.29, 1.82) is 0 Å². The Balaban J connectivity index is 2.39. The zero-order chi connectivity index (χ0) is 20.8. The van der Waals surface area contributed by atoms with E-state index in [-0.39, 0.29) is 22.2 Å². The lowest BCUT2D eigenvalue weighted by molar-refractivity contribution is -0.114. The molecule has 0 fully saturated rings. The quantitative estimate of drug-likeness (QED) is 0.727. The van der Waals surface area contributed by atoms with E-state index < -0.39 is 5.91 Å². The van der Waals surface area contributed by atoms with Crippen LogP contribution in [0.25, 0.3) is 0 Å². The number of nitrogens with one attached hydrogen (secondary N) is 2. The van der Waals surface area contributed by atoms with Gasteiger partial charge in [0.25, 0.3) is 5.91 Å². The standard InChI is InChI=1S/C19H21ClN2O6/c1-10(23)21-14-9-15(25-2)12(8-13(14)20)19(24)22-11-6-16(26-3)18(28-5)17(7-11)27-4/h6-9H,1-5H3,(H,21,23)(H,22,24). The first-order valence-electron chi connectivity index (χ1n) is 8.11. The minimum atomic E-state index is -0.470. The highest BCUT2D eigenvalue weighted by molar-refractivity contribution is 6.34. The van der Waals surface area contributed by atoms with Crippen LogP contribution in [0.4, 0.5) is 11.4 Å². The first kappa shape index (κ1) is 21.2. The lowest BCUT2D eigenvalue weighted by atomic mass is 10.1. The molecule has 0 saturated carbocycles. The third kappa shape index (κ3) is 4.58. The predicted molar refractivity (Wildman–Crippen MR) is 106 cm³/mol. The van der Waals surface area contributed by atoms with Crippen molar-refractivity contribution < 1.29 is 28.5 Å². The van der Waals surface area contributed by atoms with Gasteiger partial charge in [-0.2, -0.15) is 0 Å². The molecule has 2 aromatic rings. The van der Waals surface area contributed by atoms with Crippen LogP contribution >= 0.6 is 11.6 Å². The van der Waals surface area contributed by atoms with Gasteiger partial charge in [-0.3, -0.25) is 9.59 Å². The topological polar surface area (TPSA) is 95.1 Å². The zero-order valence-corrected chi connectivity index (χ0v) is 16.9. The largest absolute Gasteiger partial charge is 0.496 e. The molecule has 2 amide bonds. The Labute approximate surface area is 167 Å². The number of anilines is 2. The molecule has 0 spiro atoms. The summed E-state index contributed by atoms with van der Waals surface area (Å²) in [5, 5.41) is 5.52. The number of hydrogen-bond acceptors (Lipinski definition) is 6. The lowest BCUT2D eigenvalue weighted by Crippen LogP contribution is -2.14. The maximum absolute atomic E-state index is 12.8. The monoisotopic (exact) mass is 408 g/mol. The molecular formula is C19H21ClN2O6. The van der Waals surface area contributed by atoms with Crippen LogP contribution in [0, 0.1) is 0 Å². The molecule has 9 heteroatoms. The molecule has 0 saturated heterocycles. The fourth-order valence-corrected chi connectivity index (χ4v) is 2.75. The van der Waals surface area contributed by atoms with Gasteiger partial charge in [-0.05, 0) is 6.07 Å². The fourth-order valence-electron chi connectivity index (χ4n) is 2.54. The Morgan fingerprint density at radius 3 is 1.86 bits per heavy atom. The summed E-state index contributed by atoms with van der Waals surface area (Å²) in [6.45, 7) is 1.36. The minimum Gasteiger partial charge on any atom is -0.496 e. The summed E-state index contributed by atoms with van der Waals surface area (Å²) in [5.41, 5.74) is 0.953. The molecule has 2 N–H and O–H groups in total. The van der Waals surface area contributed by atoms with Crippen LogP contribution < -0.4 is 29.6 Å². The summed E-state index contributed by atoms with van der Waals surface area (Å²) < 4.78 is 21.1. The second-order valence-electron chi connectivity index (χ2n) is 5.58. The molecule has 0 unspecified atom stereocenters. The Hall–Kier alpha value is -3.13. The van der Waals surface area contributed by atoms with Crippen molar-refractivity contribution in [2.75, 3.05) is 39.1 Å². The van der Waals surface area contributed by atoms with Gasteiger partial charge in [0.15, 0.2) is 11.5 Å². The molecule has 0 bridgehead atoms. The van der Waals surface area contributed by atoms with E-state index >= 15 is 0 Å². The summed E-state index contributed by atoms with van der Waals surface area (Å²) >= 11 is 6.18. The van der Waals surface area contributed by atoms with Gasteiger partial charge in [-0.25, -0.2) is 0 Å². The van der Waals surface area contributed by atoms with Gasteiger partial charge in [0, 0.05) is 30.8 Å². The van der Waals surface area contributed by atoms with Crippen LogP contribution in [0.1, 0.15) is 17.3 Å². The number of hydrogen-bond donors (Lipinski definition) is 2. The highest BCUT2D eigenvalue weighted by Crippen LogP contribution is 2.40. The van der Waals surface area contributed by atoms with Crippen LogP contribution in [-0.2, 0) is 4.79 Å². The van der Waals surface area contributed by atoms with E-state index in [2.05, 4.69) is 10.6 Å². The van der Waals surface area contributed by atoms with E-state index in [1.165, 1.54) is 47.5 Å². The number of halogens is 1. The molecule has 28 heavy (non-hydrogen) atoms. The third-order valence-corrected chi connectivity index (χ3v) is 4.08. The molecule has 2 rings (SSSR count). The van der Waals surface area contributed by atoms with Crippen LogP contribution in [0.5, 0.6) is 23.0 Å². The molecule has 150 valence electrons. The predicted octanol–water partition coefficient (Wildman–Crippen LogP) is 3.59. The number of carbonyl (C=O) groups is 2. The average molecular weight is 409 g/mol. The number of amides is 2. The normalized spacial score (nSPS) is 10.1. The highest BCUT2D eigenvalue weighted by atomic mass is 35.5. The Morgan fingerprint density at radius 2 is 1.39 bits per heavy atom. The number of methoxy groups -OCH3 is 4. The molecule has 2 aromatic carbocycles. The van der Waals surface area contributed by atoms with E-state index in [0.29, 0.717) is 28.6 Å². The van der Waals surface area contributed by atoms with Crippen LogP contribution in [0.3, 0.4) is 0 Å². The smallest absolute Gasteiger partial charge is 0.259 e. The van der Waals surface area contributed by atoms with Crippen LogP contribution in [-0.4, -0.2) is 40.3 Å². The summed E-state index contributed by atoms with van der Waals surface area (Å²) in [4.78, 5) is 24.1. The van der Waals surface area contributed by atoms with Crippen molar-refractivity contribution in [3.63, 3.8) is 0 Å². The molecule has 0 radical (unpaired) electrons. The average Bonchev–Trinajstić information content (AvgIpc) is 2.67. The molecule has 0 aliphatic rings. The summed E-state index contributed by atoms with van der Waals surface area (Å²) in [6, 6.07) is 6.09. The SMILES string of the molecule is COc1cc(NC(C)=O)c(Cl)cc1C(=O)Nc1cc(OC)c(OC)c(OC)c1. The fraction of sp³-hybridized carbons (Fsp3) is 0.263. The van der Waals surface area contributed by atoms with Gasteiger partial charge in [-0.1, -0.05) is 11.6 Å². The highest BCUT2D eigenvalue weighted by Gasteiger charge is 2.19. The van der Waals surface area contributed by atoms with Crippen molar-refractivity contribution in [2.24, 2.45) is 0 Å². The molecule has 0 aliphatic heterocycles. The molecule has 8 nitrogen and oxygen atoms in total. The van der Waals surface area contributed by atoms with Crippen molar-refractivity contribution in [1.82, 2.24) is 0 Å². The second-order valence-corrected chi connectivity index (χ2v) is 5.99. The Bertz CT molecular complexity index is 875. The Morgan fingerprint density at radius 1 is 0.821 bits per heavy atom. The summed E-state index contributed by atoms with van der Waals surface area (Å²) in [5.74, 6) is 0.675. The molecule has 0 heterocycles. The number of benzene rings is 2. The van der Waals surface area contributed by atoms with E-state index in [0.717, 1.165) is 0 Å². The van der Waals surface area contributed by atoms with Crippen LogP contribution in [0.15, 0.2) is 24.3 Å². The van der Waals surface area contributed by atoms with Gasteiger partial charge in [0.2, 0.25) is 11.7 Å². The Kier molecular flexibility index (Phi) is 6.94. The molecular weight excluding hydrogens is 388 g/mol. The van der Waals surface area contributed by atoms with Gasteiger partial charge < -0.3 is 29.6 Å². The number of rotatable bonds is 7. The van der Waals surface area contributed by atoms with Gasteiger partial charge >= 0.3 is 0 Å². The minimum absolute atomic E-state index is 0.190. The maximum atomic E-state index is 12.8. The van der Waals surface area contributed by atoms with E-state index in [1.807, 2.05) is 0 Å². The van der Waals surface area contributed by atoms with Gasteiger partial charge in [0.05, 0.1) is 44.7 Å². The maximum Gasteiger partial charge on any atom is 0.259 e. The van der Waals surface area contributed by atoms with Crippen molar-refractivity contribution >= 4 is 34.8 Å². The third-order valence-electron chi connectivity index (χ3n) is 3.77. The first-order chi connectivity index (χ1) is 13.3. The van der Waals surface area contributed by atoms with Gasteiger partial charge in [-0.15, -0.1) is 0 Å². The van der Waals surface area contributed by atoms with Crippen molar-refractivity contribution in [3.8, 4) is 23.0 Å². The van der Waals surface area contributed by atoms with Crippen LogP contribution in [0.2, 0.25) is 5.02 Å². The van der Waals surface area contributed by atoms with E-state index in [9.17, 15) is 9.59 Å². The lowest BCUT2D eigenvalue weighted by Gasteiger charge is -2.16. The summed E-state index contributed by atoms with van der Waals surface area (Å²) in [7, 11) is 5.86. The molecule has 0 aromatic heterocycles. The number of ether oxygens (including phenoxy) is 4. The summed E-state index contributed by atoms with van der Waals surface area (Å²) in [6.07, 6.45) is 0. The molecule has 0 atom stereocenters. The van der Waals surface area contributed by atoms with Crippen molar-refractivity contribution in [2.45, 2.75) is 6.92 Å². The zero-order valence-electron chi connectivity index (χ0n) is 16.1. The molecule has 0 aliphatic carbocycles. The number of carbonyl (C=O) groups excluding carboxylic acids is 2.